The van der Waals surface area contributed by atoms with E-state index in [1.807, 2.05) is 0 Å². The highest BCUT2D eigenvalue weighted by Gasteiger charge is 2.30. The third-order valence-electron chi connectivity index (χ3n) is 22.4. The van der Waals surface area contributed by atoms with Gasteiger partial charge in [-0.05, 0) is 161 Å². The lowest BCUT2D eigenvalue weighted by molar-refractivity contribution is -0.161. The summed E-state index contributed by atoms with van der Waals surface area (Å²) in [7, 11) is -9.82. The van der Waals surface area contributed by atoms with E-state index in [1.165, 1.54) is 238 Å². The van der Waals surface area contributed by atoms with Crippen molar-refractivity contribution in [2.45, 2.75) is 476 Å². The average Bonchev–Trinajstić information content (AvgIpc) is 0.896. The Labute approximate surface area is 790 Å². The van der Waals surface area contributed by atoms with Gasteiger partial charge in [-0.25, -0.2) is 9.13 Å². The molecule has 742 valence electrons. The zero-order chi connectivity index (χ0) is 93.5. The number of ether oxygens (including phenoxy) is 3. The van der Waals surface area contributed by atoms with Gasteiger partial charge < -0.3 is 34.2 Å². The summed E-state index contributed by atoms with van der Waals surface area (Å²) in [4.78, 5) is 59.2. The second-order valence-electron chi connectivity index (χ2n) is 35.0. The SMILES string of the molecule is CC/C=C\C/C=C\C/C=C\C/C=C\C/C=C\C/C=C\CCCCCCCCCCC(=O)OC(COC(=O)CCCCCCCCCCCCCCCCC/C=C\C/C=C\C/C=C\C/C=C\CCCCC)COP(=O)(O)OCC(O)COP(=O)(O)OCC(O)COC(=O)CCCCCCCCCCCCCCCCCCCCC/C=C\C/C=C\C/C=C\C/C=C\CCCCC. The summed E-state index contributed by atoms with van der Waals surface area (Å²) in [5.41, 5.74) is 0. The number of aliphatic hydroxyl groups is 2. The molecule has 0 aromatic rings. The summed E-state index contributed by atoms with van der Waals surface area (Å²) < 4.78 is 61.7. The van der Waals surface area contributed by atoms with Crippen molar-refractivity contribution < 1.29 is 75.8 Å². The topological polar surface area (TPSA) is 231 Å². The first kappa shape index (κ1) is 124. The van der Waals surface area contributed by atoms with Crippen LogP contribution in [-0.4, -0.2) is 95.9 Å². The molecule has 0 aromatic carbocycles. The van der Waals surface area contributed by atoms with Crippen LogP contribution < -0.4 is 0 Å². The molecule has 0 rings (SSSR count). The molecule has 0 bridgehead atoms. The van der Waals surface area contributed by atoms with E-state index in [4.69, 9.17) is 32.3 Å². The van der Waals surface area contributed by atoms with Gasteiger partial charge in [-0.1, -0.05) is 448 Å². The molecular weight excluding hydrogens is 1650 g/mol. The minimum absolute atomic E-state index is 0.0909. The second-order valence-corrected chi connectivity index (χ2v) is 37.9. The summed E-state index contributed by atoms with van der Waals surface area (Å²) in [5.74, 6) is -1.57. The van der Waals surface area contributed by atoms with Crippen LogP contribution in [-0.2, 0) is 55.8 Å². The van der Waals surface area contributed by atoms with Gasteiger partial charge in [-0.3, -0.25) is 32.5 Å². The van der Waals surface area contributed by atoms with Crippen LogP contribution in [0, 0.1) is 0 Å². The molecule has 0 spiro atoms. The van der Waals surface area contributed by atoms with Crippen molar-refractivity contribution in [1.82, 2.24) is 0 Å². The summed E-state index contributed by atoms with van der Waals surface area (Å²) in [6, 6.07) is 0. The maximum Gasteiger partial charge on any atom is 0.472 e. The van der Waals surface area contributed by atoms with Crippen LogP contribution in [0.5, 0.6) is 0 Å². The molecule has 0 aliphatic heterocycles. The number of phosphoric acid groups is 2. The van der Waals surface area contributed by atoms with Crippen LogP contribution in [0.4, 0.5) is 0 Å². The molecule has 0 saturated heterocycles. The lowest BCUT2D eigenvalue weighted by atomic mass is 10.0. The zero-order valence-corrected chi connectivity index (χ0v) is 84.1. The Kier molecular flexibility index (Phi) is 97.8. The van der Waals surface area contributed by atoms with Gasteiger partial charge in [0.15, 0.2) is 6.10 Å². The molecule has 16 nitrogen and oxygen atoms in total. The quantitative estimate of drug-likeness (QED) is 0.0146. The Morgan fingerprint density at radius 2 is 0.411 bits per heavy atom. The summed E-state index contributed by atoms with van der Waals surface area (Å²) in [6.45, 7) is 2.58. The molecule has 0 fully saturated rings. The fraction of sp³-hybridized carbons (Fsp3) is 0.721. The number of hydrogen-bond donors (Lipinski definition) is 4. The number of unbranched alkanes of at least 4 members (excludes halogenated alkanes) is 48. The number of aliphatic hydroxyl groups excluding tert-OH is 2. The van der Waals surface area contributed by atoms with Crippen LogP contribution >= 0.6 is 15.6 Å². The van der Waals surface area contributed by atoms with Gasteiger partial charge in [0.05, 0.1) is 26.4 Å². The molecule has 5 atom stereocenters. The van der Waals surface area contributed by atoms with E-state index < -0.39 is 91.5 Å². The predicted octanol–water partition coefficient (Wildman–Crippen LogP) is 33.3. The smallest absolute Gasteiger partial charge is 0.463 e. The van der Waals surface area contributed by atoms with E-state index in [0.29, 0.717) is 19.3 Å². The molecule has 5 unspecified atom stereocenters. The molecule has 0 amide bonds. The minimum atomic E-state index is -4.95. The Morgan fingerprint density at radius 1 is 0.225 bits per heavy atom. The van der Waals surface area contributed by atoms with E-state index in [0.717, 1.165) is 161 Å². The number of hydrogen-bond acceptors (Lipinski definition) is 14. The fourth-order valence-electron chi connectivity index (χ4n) is 14.5. The third kappa shape index (κ3) is 103. The lowest BCUT2D eigenvalue weighted by Gasteiger charge is -2.21. The van der Waals surface area contributed by atoms with Crippen LogP contribution in [0.2, 0.25) is 0 Å². The molecular formula is C111H192O16P2. The number of allylic oxidation sites excluding steroid dienone is 28. The summed E-state index contributed by atoms with van der Waals surface area (Å²) >= 11 is 0. The predicted molar refractivity (Wildman–Crippen MR) is 546 cm³/mol. The van der Waals surface area contributed by atoms with Gasteiger partial charge in [-0.15, -0.1) is 0 Å². The molecule has 4 N–H and O–H groups in total. The fourth-order valence-corrected chi connectivity index (χ4v) is 16.1. The second kappa shape index (κ2) is 102. The summed E-state index contributed by atoms with van der Waals surface area (Å²) in [6.07, 6.45) is 134. The first-order chi connectivity index (χ1) is 63.2. The number of carbonyl (C=O) groups excluding carboxylic acids is 3. The Bertz CT molecular complexity index is 3030. The maximum absolute atomic E-state index is 13.1. The highest BCUT2D eigenvalue weighted by Crippen LogP contribution is 2.45. The molecule has 129 heavy (non-hydrogen) atoms. The lowest BCUT2D eigenvalue weighted by Crippen LogP contribution is -2.30. The Hall–Kier alpha value is -5.09. The standard InChI is InChI=1S/C111H192O16P2/c1-4-7-10-13-16-19-22-25-28-31-34-37-40-43-46-48-50-51-52-53-55-57-59-61-64-67-70-73-76-79-82-85-88-91-94-97-109(114)121-100-106(112)101-123-128(117,118)124-102-107(113)103-125-129(119,120)126-105-108(127-111(116)99-96-93-90-87-84-81-78-75-72-69-66-63-58-45-42-39-36-33-30-27-24-21-18-15-12-9-6-3)104-122-110(115)98-95-92-89-86-83-80-77-74-71-68-65-62-60-56-54-49-47-44-41-38-35-32-29-26-23-20-17-14-11-8-5-2/h9,12,16-21,25-30,34-39,43-47,58,66,69,106-108,112-113H,4-8,10-11,13-15,22-24,31-33,40-42,48-57,59-65,67-68,70-105H2,1-3H3,(H,117,118)(H,119,120)/b12-9-,19-16-,20-17-,21-18-,28-25-,29-26-,30-27-,37-34-,38-35-,39-36-,46-43-,47-44-,58-45-,69-66-. The summed E-state index contributed by atoms with van der Waals surface area (Å²) in [5, 5.41) is 20.8. The van der Waals surface area contributed by atoms with Crippen molar-refractivity contribution in [2.24, 2.45) is 0 Å². The molecule has 0 radical (unpaired) electrons. The minimum Gasteiger partial charge on any atom is -0.463 e. The van der Waals surface area contributed by atoms with Crippen LogP contribution in [0.15, 0.2) is 170 Å². The van der Waals surface area contributed by atoms with Crippen molar-refractivity contribution in [3.8, 4) is 0 Å². The number of carbonyl (C=O) groups is 3. The Balaban J connectivity index is 4.59. The normalized spacial score (nSPS) is 14.3. The zero-order valence-electron chi connectivity index (χ0n) is 82.3. The molecule has 0 aliphatic rings. The molecule has 0 saturated carbocycles. The average molecular weight is 1840 g/mol. The maximum atomic E-state index is 13.1. The monoisotopic (exact) mass is 1840 g/mol. The Morgan fingerprint density at radius 3 is 0.651 bits per heavy atom. The highest BCUT2D eigenvalue weighted by atomic mass is 31.2. The van der Waals surface area contributed by atoms with Crippen LogP contribution in [0.1, 0.15) is 457 Å². The van der Waals surface area contributed by atoms with Crippen molar-refractivity contribution >= 4 is 33.6 Å². The van der Waals surface area contributed by atoms with E-state index in [1.54, 1.807) is 0 Å². The van der Waals surface area contributed by atoms with Crippen LogP contribution in [0.25, 0.3) is 0 Å². The van der Waals surface area contributed by atoms with E-state index in [2.05, 4.69) is 191 Å². The van der Waals surface area contributed by atoms with Crippen molar-refractivity contribution in [2.75, 3.05) is 39.6 Å². The number of rotatable bonds is 99. The molecule has 0 aromatic heterocycles. The number of esters is 3. The van der Waals surface area contributed by atoms with Gasteiger partial charge in [0.2, 0.25) is 0 Å². The van der Waals surface area contributed by atoms with E-state index >= 15 is 0 Å². The highest BCUT2D eigenvalue weighted by molar-refractivity contribution is 7.47. The van der Waals surface area contributed by atoms with Gasteiger partial charge in [0.25, 0.3) is 0 Å². The molecule has 18 heteroatoms. The van der Waals surface area contributed by atoms with Gasteiger partial charge in [-0.2, -0.15) is 0 Å². The first-order valence-electron chi connectivity index (χ1n) is 52.4. The molecule has 0 aliphatic carbocycles. The van der Waals surface area contributed by atoms with Gasteiger partial charge in [0.1, 0.15) is 25.4 Å². The van der Waals surface area contributed by atoms with Crippen LogP contribution in [0.3, 0.4) is 0 Å². The van der Waals surface area contributed by atoms with Gasteiger partial charge in [0, 0.05) is 19.3 Å². The molecule has 0 heterocycles. The van der Waals surface area contributed by atoms with E-state index in [-0.39, 0.29) is 19.3 Å². The third-order valence-corrected chi connectivity index (χ3v) is 24.3. The van der Waals surface area contributed by atoms with Gasteiger partial charge >= 0.3 is 33.6 Å². The largest absolute Gasteiger partial charge is 0.472 e. The first-order valence-corrected chi connectivity index (χ1v) is 55.4. The number of phosphoric ester groups is 2. The van der Waals surface area contributed by atoms with Crippen molar-refractivity contribution in [3.05, 3.63) is 170 Å². The van der Waals surface area contributed by atoms with E-state index in [9.17, 15) is 43.5 Å². The van der Waals surface area contributed by atoms with Crippen molar-refractivity contribution in [1.29, 1.82) is 0 Å². The van der Waals surface area contributed by atoms with Crippen molar-refractivity contribution in [3.63, 3.8) is 0 Å².